The smallest absolute Gasteiger partial charge is 0.220 e. The lowest BCUT2D eigenvalue weighted by atomic mass is 10.0. The second kappa shape index (κ2) is 8.64. The van der Waals surface area contributed by atoms with Gasteiger partial charge in [0.25, 0.3) is 0 Å². The van der Waals surface area contributed by atoms with E-state index >= 15 is 0 Å². The van der Waals surface area contributed by atoms with Crippen molar-refractivity contribution in [3.05, 3.63) is 29.8 Å². The van der Waals surface area contributed by atoms with Crippen LogP contribution < -0.4 is 10.1 Å². The number of amides is 1. The molecule has 0 aromatic heterocycles. The van der Waals surface area contributed by atoms with Crippen molar-refractivity contribution >= 4 is 11.7 Å². The summed E-state index contributed by atoms with van der Waals surface area (Å²) in [5, 5.41) is 2.88. The molecule has 23 heavy (non-hydrogen) atoms. The van der Waals surface area contributed by atoms with Crippen LogP contribution >= 0.6 is 0 Å². The molecule has 0 spiro atoms. The van der Waals surface area contributed by atoms with Crippen molar-refractivity contribution in [2.45, 2.75) is 31.4 Å². The molecule has 1 aromatic rings. The maximum Gasteiger partial charge on any atom is 0.220 e. The highest BCUT2D eigenvalue weighted by Gasteiger charge is 2.27. The standard InChI is InChI=1S/C17H23NO5/c1-21-13-5-3-12(4-6-13)15(19)7-8-17(20)18-14-11-23-10-9-16(14)22-2/h3-6,14,16H,7-11H2,1-2H3,(H,18,20)/t14-,16-/m1/s1. The molecule has 1 heterocycles. The number of carbonyl (C=O) groups is 2. The van der Waals surface area contributed by atoms with Crippen molar-refractivity contribution in [1.82, 2.24) is 5.32 Å². The van der Waals surface area contributed by atoms with Crippen LogP contribution in [0, 0.1) is 0 Å². The Kier molecular flexibility index (Phi) is 6.55. The van der Waals surface area contributed by atoms with Gasteiger partial charge in [0, 0.05) is 32.1 Å². The molecule has 1 amide bonds. The van der Waals surface area contributed by atoms with Gasteiger partial charge in [-0.1, -0.05) is 0 Å². The molecule has 2 atom stereocenters. The average molecular weight is 321 g/mol. The molecule has 1 N–H and O–H groups in total. The molecule has 0 aliphatic carbocycles. The van der Waals surface area contributed by atoms with Gasteiger partial charge in [-0.25, -0.2) is 0 Å². The first-order chi connectivity index (χ1) is 11.1. The summed E-state index contributed by atoms with van der Waals surface area (Å²) in [5.41, 5.74) is 0.578. The minimum atomic E-state index is -0.163. The number of hydrogen-bond acceptors (Lipinski definition) is 5. The molecule has 2 rings (SSSR count). The van der Waals surface area contributed by atoms with Gasteiger partial charge >= 0.3 is 0 Å². The van der Waals surface area contributed by atoms with E-state index in [1.54, 1.807) is 38.5 Å². The van der Waals surface area contributed by atoms with Crippen LogP contribution in [0.1, 0.15) is 29.6 Å². The minimum absolute atomic E-state index is 0.0370. The van der Waals surface area contributed by atoms with Crippen molar-refractivity contribution in [3.63, 3.8) is 0 Å². The van der Waals surface area contributed by atoms with E-state index in [0.717, 1.165) is 6.42 Å². The van der Waals surface area contributed by atoms with E-state index in [-0.39, 0.29) is 36.7 Å². The highest BCUT2D eigenvalue weighted by atomic mass is 16.5. The van der Waals surface area contributed by atoms with E-state index in [4.69, 9.17) is 14.2 Å². The van der Waals surface area contributed by atoms with Crippen molar-refractivity contribution in [2.75, 3.05) is 27.4 Å². The summed E-state index contributed by atoms with van der Waals surface area (Å²) in [6, 6.07) is 6.72. The lowest BCUT2D eigenvalue weighted by molar-refractivity contribution is -0.125. The van der Waals surface area contributed by atoms with Crippen LogP contribution in [0.5, 0.6) is 5.75 Å². The van der Waals surface area contributed by atoms with Gasteiger partial charge in [-0.05, 0) is 30.7 Å². The minimum Gasteiger partial charge on any atom is -0.497 e. The second-order valence-electron chi connectivity index (χ2n) is 5.46. The Morgan fingerprint density at radius 1 is 1.22 bits per heavy atom. The number of ketones is 1. The maximum absolute atomic E-state index is 12.1. The normalized spacial score (nSPS) is 20.8. The summed E-state index contributed by atoms with van der Waals surface area (Å²) in [7, 11) is 3.20. The fourth-order valence-corrected chi connectivity index (χ4v) is 2.56. The molecule has 0 saturated carbocycles. The molecule has 6 nitrogen and oxygen atoms in total. The highest BCUT2D eigenvalue weighted by Crippen LogP contribution is 2.14. The molecule has 1 aliphatic heterocycles. The van der Waals surface area contributed by atoms with Crippen LogP contribution in [0.3, 0.4) is 0 Å². The molecule has 1 saturated heterocycles. The van der Waals surface area contributed by atoms with Gasteiger partial charge in [0.15, 0.2) is 5.78 Å². The fourth-order valence-electron chi connectivity index (χ4n) is 2.56. The molecule has 6 heteroatoms. The van der Waals surface area contributed by atoms with Crippen LogP contribution in [0.4, 0.5) is 0 Å². The van der Waals surface area contributed by atoms with E-state index in [0.29, 0.717) is 24.5 Å². The largest absolute Gasteiger partial charge is 0.497 e. The Hall–Kier alpha value is -1.92. The third-order valence-corrected chi connectivity index (χ3v) is 3.93. The zero-order chi connectivity index (χ0) is 16.7. The average Bonchev–Trinajstić information content (AvgIpc) is 2.60. The first-order valence-corrected chi connectivity index (χ1v) is 7.71. The van der Waals surface area contributed by atoms with Crippen molar-refractivity contribution < 1.29 is 23.8 Å². The monoisotopic (exact) mass is 321 g/mol. The first-order valence-electron chi connectivity index (χ1n) is 7.71. The Labute approximate surface area is 136 Å². The van der Waals surface area contributed by atoms with Gasteiger partial charge in [0.05, 0.1) is 25.9 Å². The molecular weight excluding hydrogens is 298 g/mol. The van der Waals surface area contributed by atoms with Crippen LogP contribution in [0.2, 0.25) is 0 Å². The summed E-state index contributed by atoms with van der Waals surface area (Å²) < 4.78 is 15.8. The molecule has 1 fully saturated rings. The number of Topliss-reactive ketones (excluding diaryl/α,β-unsaturated/α-hetero) is 1. The Bertz CT molecular complexity index is 528. The summed E-state index contributed by atoms with van der Waals surface area (Å²) in [6.45, 7) is 1.08. The van der Waals surface area contributed by atoms with Crippen LogP contribution in [0.25, 0.3) is 0 Å². The van der Waals surface area contributed by atoms with Crippen LogP contribution in [-0.4, -0.2) is 51.3 Å². The molecular formula is C17H23NO5. The van der Waals surface area contributed by atoms with Crippen LogP contribution in [-0.2, 0) is 14.3 Å². The van der Waals surface area contributed by atoms with Gasteiger partial charge in [-0.15, -0.1) is 0 Å². The molecule has 0 bridgehead atoms. The van der Waals surface area contributed by atoms with E-state index in [1.807, 2.05) is 0 Å². The Morgan fingerprint density at radius 2 is 1.96 bits per heavy atom. The van der Waals surface area contributed by atoms with Gasteiger partial charge in [-0.3, -0.25) is 9.59 Å². The predicted molar refractivity (Wildman–Crippen MR) is 84.7 cm³/mol. The Balaban J connectivity index is 1.79. The predicted octanol–water partition coefficient (Wildman–Crippen LogP) is 1.58. The van der Waals surface area contributed by atoms with E-state index in [9.17, 15) is 9.59 Å². The summed E-state index contributed by atoms with van der Waals surface area (Å²) in [4.78, 5) is 24.1. The number of hydrogen-bond donors (Lipinski definition) is 1. The number of nitrogens with one attached hydrogen (secondary N) is 1. The van der Waals surface area contributed by atoms with Crippen molar-refractivity contribution in [2.24, 2.45) is 0 Å². The lowest BCUT2D eigenvalue weighted by Crippen LogP contribution is -2.50. The number of ether oxygens (including phenoxy) is 3. The molecule has 1 aromatic carbocycles. The maximum atomic E-state index is 12.1. The number of rotatable bonds is 7. The van der Waals surface area contributed by atoms with E-state index in [2.05, 4.69) is 5.32 Å². The van der Waals surface area contributed by atoms with Gasteiger partial charge < -0.3 is 19.5 Å². The molecule has 126 valence electrons. The molecule has 1 aliphatic rings. The molecule has 0 unspecified atom stereocenters. The second-order valence-corrected chi connectivity index (χ2v) is 5.46. The number of methoxy groups -OCH3 is 2. The zero-order valence-corrected chi connectivity index (χ0v) is 13.5. The van der Waals surface area contributed by atoms with Gasteiger partial charge in [-0.2, -0.15) is 0 Å². The van der Waals surface area contributed by atoms with Gasteiger partial charge in [0.1, 0.15) is 5.75 Å². The fraction of sp³-hybridized carbons (Fsp3) is 0.529. The van der Waals surface area contributed by atoms with E-state index in [1.165, 1.54) is 0 Å². The number of carbonyl (C=O) groups excluding carboxylic acids is 2. The third-order valence-electron chi connectivity index (χ3n) is 3.93. The molecule has 0 radical (unpaired) electrons. The lowest BCUT2D eigenvalue weighted by Gasteiger charge is -2.31. The summed E-state index contributed by atoms with van der Waals surface area (Å²) >= 11 is 0. The van der Waals surface area contributed by atoms with E-state index < -0.39 is 0 Å². The summed E-state index contributed by atoms with van der Waals surface area (Å²) in [6.07, 6.45) is 1.04. The highest BCUT2D eigenvalue weighted by molar-refractivity contribution is 5.98. The summed E-state index contributed by atoms with van der Waals surface area (Å²) in [5.74, 6) is 0.470. The van der Waals surface area contributed by atoms with Crippen molar-refractivity contribution in [3.8, 4) is 5.75 Å². The first kappa shape index (κ1) is 17.4. The van der Waals surface area contributed by atoms with Gasteiger partial charge in [0.2, 0.25) is 5.91 Å². The topological polar surface area (TPSA) is 73.9 Å². The SMILES string of the molecule is COc1ccc(C(=O)CCC(=O)N[C@@H]2COCC[C@H]2OC)cc1. The van der Waals surface area contributed by atoms with Crippen molar-refractivity contribution in [1.29, 1.82) is 0 Å². The Morgan fingerprint density at radius 3 is 2.61 bits per heavy atom. The quantitative estimate of drug-likeness (QED) is 0.772. The number of benzene rings is 1. The third kappa shape index (κ3) is 5.04. The van der Waals surface area contributed by atoms with Crippen LogP contribution in [0.15, 0.2) is 24.3 Å². The zero-order valence-electron chi connectivity index (χ0n) is 13.5.